The summed E-state index contributed by atoms with van der Waals surface area (Å²) in [6.07, 6.45) is 4.29. The Kier molecular flexibility index (Phi) is 2.66. The fourth-order valence-electron chi connectivity index (χ4n) is 1.63. The van der Waals surface area contributed by atoms with Crippen LogP contribution in [0.4, 0.5) is 5.69 Å². The number of amides is 1. The zero-order valence-corrected chi connectivity index (χ0v) is 8.99. The number of rotatable bonds is 4. The molecule has 0 bridgehead atoms. The number of carbonyl (C=O) groups excluding carboxylic acids is 1. The molecule has 0 aromatic carbocycles. The molecule has 4 heteroatoms. The van der Waals surface area contributed by atoms with Crippen molar-refractivity contribution in [3.05, 3.63) is 18.0 Å². The lowest BCUT2D eigenvalue weighted by Gasteiger charge is -2.06. The van der Waals surface area contributed by atoms with Gasteiger partial charge in [-0.25, -0.2) is 0 Å². The van der Waals surface area contributed by atoms with Crippen LogP contribution in [0.1, 0.15) is 30.3 Å². The molecule has 1 saturated carbocycles. The van der Waals surface area contributed by atoms with E-state index >= 15 is 0 Å². The Morgan fingerprint density at radius 1 is 1.67 bits per heavy atom. The molecule has 0 saturated heterocycles. The molecule has 1 aliphatic carbocycles. The third kappa shape index (κ3) is 2.32. The number of aryl methyl sites for hydroxylation is 1. The zero-order chi connectivity index (χ0) is 10.8. The Morgan fingerprint density at radius 3 is 3.00 bits per heavy atom. The molecule has 15 heavy (non-hydrogen) atoms. The number of nitrogens with one attached hydrogen (secondary N) is 1. The molecule has 0 unspecified atom stereocenters. The van der Waals surface area contributed by atoms with Crippen LogP contribution in [0, 0.1) is 5.92 Å². The third-order valence-electron chi connectivity index (χ3n) is 2.74. The lowest BCUT2D eigenvalue weighted by molar-refractivity contribution is 0.0942. The van der Waals surface area contributed by atoms with Gasteiger partial charge in [-0.05, 0) is 31.7 Å². The molecule has 3 N–H and O–H groups in total. The van der Waals surface area contributed by atoms with Gasteiger partial charge in [-0.3, -0.25) is 4.79 Å². The summed E-state index contributed by atoms with van der Waals surface area (Å²) in [6, 6.07) is 1.73. The summed E-state index contributed by atoms with van der Waals surface area (Å²) in [5, 5.41) is 2.93. The van der Waals surface area contributed by atoms with E-state index in [4.69, 9.17) is 5.73 Å². The molecule has 1 amide bonds. The number of anilines is 1. The Bertz CT molecular complexity index is 366. The minimum absolute atomic E-state index is 0.0135. The summed E-state index contributed by atoms with van der Waals surface area (Å²) < 4.78 is 1.87. The Hall–Kier alpha value is -1.45. The van der Waals surface area contributed by atoms with Crippen molar-refractivity contribution in [2.75, 3.05) is 12.3 Å². The van der Waals surface area contributed by atoms with E-state index in [-0.39, 0.29) is 5.91 Å². The highest BCUT2D eigenvalue weighted by molar-refractivity contribution is 5.93. The molecule has 4 nitrogen and oxygen atoms in total. The molecular formula is C11H17N3O. The highest BCUT2D eigenvalue weighted by atomic mass is 16.1. The topological polar surface area (TPSA) is 60.0 Å². The Balaban J connectivity index is 2.02. The largest absolute Gasteiger partial charge is 0.397 e. The van der Waals surface area contributed by atoms with Crippen molar-refractivity contribution in [1.29, 1.82) is 0 Å². The SMILES string of the molecule is CCn1cc(N)cc1C(=O)NCC1CC1. The molecule has 0 radical (unpaired) electrons. The first-order chi connectivity index (χ1) is 7.20. The predicted octanol–water partition coefficient (Wildman–Crippen LogP) is 1.23. The summed E-state index contributed by atoms with van der Waals surface area (Å²) in [5.74, 6) is 0.691. The molecule has 0 aliphatic heterocycles. The van der Waals surface area contributed by atoms with Crippen molar-refractivity contribution in [1.82, 2.24) is 9.88 Å². The Morgan fingerprint density at radius 2 is 2.40 bits per heavy atom. The van der Waals surface area contributed by atoms with Gasteiger partial charge in [0, 0.05) is 19.3 Å². The van der Waals surface area contributed by atoms with Crippen LogP contribution < -0.4 is 11.1 Å². The van der Waals surface area contributed by atoms with E-state index in [2.05, 4.69) is 5.32 Å². The molecule has 1 aromatic heterocycles. The van der Waals surface area contributed by atoms with Gasteiger partial charge in [-0.15, -0.1) is 0 Å². The fourth-order valence-corrected chi connectivity index (χ4v) is 1.63. The standard InChI is InChI=1S/C11H17N3O/c1-2-14-7-9(12)5-10(14)11(15)13-6-8-3-4-8/h5,7-8H,2-4,6,12H2,1H3,(H,13,15). The van der Waals surface area contributed by atoms with Crippen molar-refractivity contribution in [3.63, 3.8) is 0 Å². The van der Waals surface area contributed by atoms with Crippen LogP contribution >= 0.6 is 0 Å². The van der Waals surface area contributed by atoms with E-state index < -0.39 is 0 Å². The first-order valence-electron chi connectivity index (χ1n) is 5.44. The van der Waals surface area contributed by atoms with Crippen LogP contribution in [0.15, 0.2) is 12.3 Å². The minimum Gasteiger partial charge on any atom is -0.397 e. The van der Waals surface area contributed by atoms with E-state index in [0.29, 0.717) is 17.3 Å². The summed E-state index contributed by atoms with van der Waals surface area (Å²) in [7, 11) is 0. The van der Waals surface area contributed by atoms with Gasteiger partial charge < -0.3 is 15.6 Å². The van der Waals surface area contributed by atoms with Gasteiger partial charge in [0.05, 0.1) is 5.69 Å². The average Bonchev–Trinajstić information content (AvgIpc) is 2.97. The molecule has 1 aromatic rings. The van der Waals surface area contributed by atoms with Crippen molar-refractivity contribution in [3.8, 4) is 0 Å². The van der Waals surface area contributed by atoms with Crippen molar-refractivity contribution in [2.24, 2.45) is 5.92 Å². The third-order valence-corrected chi connectivity index (χ3v) is 2.74. The number of nitrogens with zero attached hydrogens (tertiary/aromatic N) is 1. The quantitative estimate of drug-likeness (QED) is 0.780. The van der Waals surface area contributed by atoms with Gasteiger partial charge in [0.15, 0.2) is 0 Å². The number of carbonyl (C=O) groups is 1. The number of hydrogen-bond donors (Lipinski definition) is 2. The molecule has 2 rings (SSSR count). The number of hydrogen-bond acceptors (Lipinski definition) is 2. The van der Waals surface area contributed by atoms with E-state index in [1.165, 1.54) is 12.8 Å². The van der Waals surface area contributed by atoms with Gasteiger partial charge in [-0.2, -0.15) is 0 Å². The van der Waals surface area contributed by atoms with E-state index in [1.807, 2.05) is 11.5 Å². The highest BCUT2D eigenvalue weighted by Crippen LogP contribution is 2.27. The van der Waals surface area contributed by atoms with Crippen LogP contribution in [0.5, 0.6) is 0 Å². The van der Waals surface area contributed by atoms with E-state index in [1.54, 1.807) is 12.3 Å². The second kappa shape index (κ2) is 3.96. The second-order valence-corrected chi connectivity index (χ2v) is 4.10. The monoisotopic (exact) mass is 207 g/mol. The molecule has 0 atom stereocenters. The van der Waals surface area contributed by atoms with Gasteiger partial charge in [0.2, 0.25) is 0 Å². The molecule has 1 fully saturated rings. The number of aromatic nitrogens is 1. The second-order valence-electron chi connectivity index (χ2n) is 4.10. The van der Waals surface area contributed by atoms with Crippen molar-refractivity contribution in [2.45, 2.75) is 26.3 Å². The van der Waals surface area contributed by atoms with E-state index in [9.17, 15) is 4.79 Å². The zero-order valence-electron chi connectivity index (χ0n) is 8.99. The van der Waals surface area contributed by atoms with Gasteiger partial charge in [-0.1, -0.05) is 0 Å². The first kappa shape index (κ1) is 10.1. The van der Waals surface area contributed by atoms with Crippen LogP contribution in [-0.4, -0.2) is 17.0 Å². The maximum atomic E-state index is 11.8. The van der Waals surface area contributed by atoms with Gasteiger partial charge in [0.1, 0.15) is 5.69 Å². The van der Waals surface area contributed by atoms with Crippen molar-refractivity contribution < 1.29 is 4.79 Å². The maximum Gasteiger partial charge on any atom is 0.267 e. The smallest absolute Gasteiger partial charge is 0.267 e. The predicted molar refractivity (Wildman–Crippen MR) is 59.6 cm³/mol. The molecule has 0 spiro atoms. The number of nitrogens with two attached hydrogens (primary N) is 1. The fraction of sp³-hybridized carbons (Fsp3) is 0.545. The lowest BCUT2D eigenvalue weighted by Crippen LogP contribution is -2.27. The van der Waals surface area contributed by atoms with Crippen LogP contribution in [0.2, 0.25) is 0 Å². The summed E-state index contributed by atoms with van der Waals surface area (Å²) in [4.78, 5) is 11.8. The summed E-state index contributed by atoms with van der Waals surface area (Å²) in [6.45, 7) is 3.56. The Labute approximate surface area is 89.5 Å². The maximum absolute atomic E-state index is 11.8. The average molecular weight is 207 g/mol. The lowest BCUT2D eigenvalue weighted by atomic mass is 10.3. The van der Waals surface area contributed by atoms with Crippen LogP contribution in [0.25, 0.3) is 0 Å². The first-order valence-corrected chi connectivity index (χ1v) is 5.44. The van der Waals surface area contributed by atoms with Crippen LogP contribution in [-0.2, 0) is 6.54 Å². The van der Waals surface area contributed by atoms with Gasteiger partial charge in [0.25, 0.3) is 5.91 Å². The van der Waals surface area contributed by atoms with Gasteiger partial charge >= 0.3 is 0 Å². The normalized spacial score (nSPS) is 15.3. The van der Waals surface area contributed by atoms with E-state index in [0.717, 1.165) is 13.1 Å². The summed E-state index contributed by atoms with van der Waals surface area (Å²) in [5.41, 5.74) is 6.97. The summed E-state index contributed by atoms with van der Waals surface area (Å²) >= 11 is 0. The van der Waals surface area contributed by atoms with Crippen LogP contribution in [0.3, 0.4) is 0 Å². The molecular weight excluding hydrogens is 190 g/mol. The minimum atomic E-state index is -0.0135. The molecule has 1 aliphatic rings. The molecule has 82 valence electrons. The number of nitrogen functional groups attached to an aromatic ring is 1. The van der Waals surface area contributed by atoms with Crippen molar-refractivity contribution >= 4 is 11.6 Å². The molecule has 1 heterocycles. The highest BCUT2D eigenvalue weighted by Gasteiger charge is 2.22.